The number of oxazole rings is 1. The van der Waals surface area contributed by atoms with Crippen LogP contribution in [-0.4, -0.2) is 21.6 Å². The molecular formula is C18H21N3O2. The lowest BCUT2D eigenvalue weighted by atomic mass is 10.1. The van der Waals surface area contributed by atoms with E-state index < -0.39 is 0 Å². The number of benzene rings is 1. The zero-order valence-electron chi connectivity index (χ0n) is 13.7. The molecule has 0 N–H and O–H groups in total. The minimum absolute atomic E-state index is 0.450. The number of ether oxygens (including phenoxy) is 1. The number of aromatic nitrogens is 3. The molecule has 0 atom stereocenters. The van der Waals surface area contributed by atoms with Gasteiger partial charge in [0.1, 0.15) is 0 Å². The lowest BCUT2D eigenvalue weighted by Crippen LogP contribution is -2.04. The summed E-state index contributed by atoms with van der Waals surface area (Å²) in [4.78, 5) is 12.9. The second-order valence-electron chi connectivity index (χ2n) is 6.07. The zero-order chi connectivity index (χ0) is 16.2. The third kappa shape index (κ3) is 3.67. The average Bonchev–Trinajstić information content (AvgIpc) is 3.05. The van der Waals surface area contributed by atoms with Crippen molar-refractivity contribution in [1.29, 1.82) is 0 Å². The van der Waals surface area contributed by atoms with Crippen LogP contribution < -0.4 is 4.74 Å². The summed E-state index contributed by atoms with van der Waals surface area (Å²) in [7, 11) is 0. The summed E-state index contributed by atoms with van der Waals surface area (Å²) in [5, 5.41) is 0.994. The van der Waals surface area contributed by atoms with Crippen LogP contribution in [0.15, 0.2) is 35.2 Å². The van der Waals surface area contributed by atoms with Crippen molar-refractivity contribution in [3.05, 3.63) is 36.5 Å². The molecule has 0 fully saturated rings. The van der Waals surface area contributed by atoms with Gasteiger partial charge in [0.15, 0.2) is 12.2 Å². The molecule has 3 aromatic rings. The van der Waals surface area contributed by atoms with E-state index in [0.29, 0.717) is 18.5 Å². The van der Waals surface area contributed by atoms with E-state index in [4.69, 9.17) is 9.15 Å². The number of aryl methyl sites for hydroxylation is 1. The summed E-state index contributed by atoms with van der Waals surface area (Å²) in [5.74, 6) is 1.42. The number of hydrogen-bond acceptors (Lipinski definition) is 5. The molecule has 120 valence electrons. The fraction of sp³-hybridized carbons (Fsp3) is 0.389. The van der Waals surface area contributed by atoms with E-state index in [0.717, 1.165) is 40.8 Å². The van der Waals surface area contributed by atoms with Gasteiger partial charge >= 0.3 is 6.01 Å². The fourth-order valence-corrected chi connectivity index (χ4v) is 2.49. The molecule has 0 aliphatic carbocycles. The topological polar surface area (TPSA) is 61.0 Å². The Bertz CT molecular complexity index is 782. The van der Waals surface area contributed by atoms with Crippen molar-refractivity contribution in [2.45, 2.75) is 33.6 Å². The van der Waals surface area contributed by atoms with Crippen LogP contribution in [0.1, 0.15) is 32.4 Å². The predicted octanol–water partition coefficient (Wildman–Crippen LogP) is 4.41. The van der Waals surface area contributed by atoms with E-state index in [1.807, 2.05) is 25.1 Å². The van der Waals surface area contributed by atoms with Crippen molar-refractivity contribution in [3.8, 4) is 17.3 Å². The normalized spacial score (nSPS) is 11.3. The molecule has 0 bridgehead atoms. The number of hydrogen-bond donors (Lipinski definition) is 0. The van der Waals surface area contributed by atoms with Gasteiger partial charge in [-0.2, -0.15) is 9.97 Å². The van der Waals surface area contributed by atoms with E-state index in [-0.39, 0.29) is 0 Å². The highest BCUT2D eigenvalue weighted by atomic mass is 16.5. The molecule has 2 aromatic heterocycles. The van der Waals surface area contributed by atoms with Gasteiger partial charge in [0.05, 0.1) is 24.0 Å². The first kappa shape index (κ1) is 15.5. The van der Waals surface area contributed by atoms with Gasteiger partial charge in [-0.25, -0.2) is 4.98 Å². The summed E-state index contributed by atoms with van der Waals surface area (Å²) in [6.07, 6.45) is 5.29. The van der Waals surface area contributed by atoms with Gasteiger partial charge in [0, 0.05) is 10.9 Å². The molecule has 2 heterocycles. The first-order valence-corrected chi connectivity index (χ1v) is 7.93. The van der Waals surface area contributed by atoms with Crippen molar-refractivity contribution in [2.75, 3.05) is 6.61 Å². The minimum atomic E-state index is 0.450. The van der Waals surface area contributed by atoms with Crippen LogP contribution in [0.2, 0.25) is 0 Å². The molecule has 5 heteroatoms. The van der Waals surface area contributed by atoms with Crippen molar-refractivity contribution in [3.63, 3.8) is 0 Å². The summed E-state index contributed by atoms with van der Waals surface area (Å²) in [6, 6.07) is 6.40. The predicted molar refractivity (Wildman–Crippen MR) is 89.3 cm³/mol. The molecule has 3 rings (SSSR count). The molecule has 0 aliphatic rings. The molecule has 0 unspecified atom stereocenters. The van der Waals surface area contributed by atoms with Crippen molar-refractivity contribution < 1.29 is 9.15 Å². The third-order valence-electron chi connectivity index (χ3n) is 3.74. The van der Waals surface area contributed by atoms with E-state index >= 15 is 0 Å². The smallest absolute Gasteiger partial charge is 0.317 e. The molecule has 0 radical (unpaired) electrons. The highest BCUT2D eigenvalue weighted by Crippen LogP contribution is 2.25. The van der Waals surface area contributed by atoms with Crippen molar-refractivity contribution >= 4 is 10.9 Å². The van der Waals surface area contributed by atoms with E-state index in [2.05, 4.69) is 28.8 Å². The maximum atomic E-state index is 5.70. The van der Waals surface area contributed by atoms with E-state index in [9.17, 15) is 0 Å². The van der Waals surface area contributed by atoms with Gasteiger partial charge in [-0.3, -0.25) is 0 Å². The van der Waals surface area contributed by atoms with Gasteiger partial charge in [-0.05, 0) is 43.9 Å². The molecule has 23 heavy (non-hydrogen) atoms. The Morgan fingerprint density at radius 1 is 1.22 bits per heavy atom. The standard InChI is InChI=1S/C18H21N3O2/c1-12(2)5-4-8-22-18-20-13(3)15-9-14(6-7-16(15)21-18)17-10-19-11-23-17/h6-7,9-12H,4-5,8H2,1-3H3. The van der Waals surface area contributed by atoms with Crippen molar-refractivity contribution in [2.24, 2.45) is 5.92 Å². The molecule has 0 spiro atoms. The van der Waals surface area contributed by atoms with Crippen LogP contribution in [0, 0.1) is 12.8 Å². The molecular weight excluding hydrogens is 290 g/mol. The lowest BCUT2D eigenvalue weighted by molar-refractivity contribution is 0.276. The highest BCUT2D eigenvalue weighted by Gasteiger charge is 2.09. The maximum Gasteiger partial charge on any atom is 0.317 e. The monoisotopic (exact) mass is 311 g/mol. The third-order valence-corrected chi connectivity index (χ3v) is 3.74. The van der Waals surface area contributed by atoms with Gasteiger partial charge in [0.2, 0.25) is 0 Å². The van der Waals surface area contributed by atoms with Crippen molar-refractivity contribution in [1.82, 2.24) is 15.0 Å². The van der Waals surface area contributed by atoms with E-state index in [1.165, 1.54) is 6.39 Å². The van der Waals surface area contributed by atoms with E-state index in [1.54, 1.807) is 6.20 Å². The largest absolute Gasteiger partial charge is 0.463 e. The SMILES string of the molecule is Cc1nc(OCCCC(C)C)nc2ccc(-c3cnco3)cc12. The van der Waals surface area contributed by atoms with Gasteiger partial charge < -0.3 is 9.15 Å². The van der Waals surface area contributed by atoms with Crippen LogP contribution in [0.5, 0.6) is 6.01 Å². The van der Waals surface area contributed by atoms with Crippen LogP contribution in [-0.2, 0) is 0 Å². The number of fused-ring (bicyclic) bond motifs is 1. The average molecular weight is 311 g/mol. The van der Waals surface area contributed by atoms with Gasteiger partial charge in [0.25, 0.3) is 0 Å². The first-order chi connectivity index (χ1) is 11.1. The van der Waals surface area contributed by atoms with Crippen LogP contribution in [0.3, 0.4) is 0 Å². The van der Waals surface area contributed by atoms with Crippen LogP contribution in [0.25, 0.3) is 22.2 Å². The molecule has 0 amide bonds. The Balaban J connectivity index is 1.80. The fourth-order valence-electron chi connectivity index (χ4n) is 2.49. The minimum Gasteiger partial charge on any atom is -0.463 e. The van der Waals surface area contributed by atoms with Gasteiger partial charge in [-0.1, -0.05) is 13.8 Å². The Morgan fingerprint density at radius 2 is 2.09 bits per heavy atom. The summed E-state index contributed by atoms with van der Waals surface area (Å²) < 4.78 is 11.0. The van der Waals surface area contributed by atoms with Crippen LogP contribution >= 0.6 is 0 Å². The molecule has 0 saturated carbocycles. The highest BCUT2D eigenvalue weighted by molar-refractivity contribution is 5.85. The Morgan fingerprint density at radius 3 is 2.83 bits per heavy atom. The summed E-state index contributed by atoms with van der Waals surface area (Å²) >= 11 is 0. The maximum absolute atomic E-state index is 5.70. The summed E-state index contributed by atoms with van der Waals surface area (Å²) in [5.41, 5.74) is 2.74. The Kier molecular flexibility index (Phi) is 4.55. The van der Waals surface area contributed by atoms with Crippen LogP contribution in [0.4, 0.5) is 0 Å². The number of rotatable bonds is 6. The molecule has 0 aliphatic heterocycles. The molecule has 5 nitrogen and oxygen atoms in total. The summed E-state index contributed by atoms with van der Waals surface area (Å²) in [6.45, 7) is 7.04. The number of nitrogens with zero attached hydrogens (tertiary/aromatic N) is 3. The zero-order valence-corrected chi connectivity index (χ0v) is 13.7. The second kappa shape index (κ2) is 6.77. The molecule has 0 saturated heterocycles. The lowest BCUT2D eigenvalue weighted by Gasteiger charge is -2.09. The second-order valence-corrected chi connectivity index (χ2v) is 6.07. The quantitative estimate of drug-likeness (QED) is 0.631. The van der Waals surface area contributed by atoms with Gasteiger partial charge in [-0.15, -0.1) is 0 Å². The molecule has 1 aromatic carbocycles. The Labute approximate surface area is 135 Å². The Hall–Kier alpha value is -2.43. The first-order valence-electron chi connectivity index (χ1n) is 7.93.